The van der Waals surface area contributed by atoms with Gasteiger partial charge in [0.25, 0.3) is 0 Å². The van der Waals surface area contributed by atoms with E-state index in [4.69, 9.17) is 0 Å². The van der Waals surface area contributed by atoms with Gasteiger partial charge in [-0.1, -0.05) is 24.3 Å². The van der Waals surface area contributed by atoms with Gasteiger partial charge in [-0.2, -0.15) is 0 Å². The Morgan fingerprint density at radius 3 is 2.50 bits per heavy atom. The van der Waals surface area contributed by atoms with Crippen molar-refractivity contribution in [2.24, 2.45) is 0 Å². The SMILES string of the molecule is Cc1cccc(NCCC(=O)c2ccc(C)c(C)c2)c1. The maximum absolute atomic E-state index is 12.1. The monoisotopic (exact) mass is 267 g/mol. The molecule has 104 valence electrons. The molecule has 2 aromatic carbocycles. The Morgan fingerprint density at radius 2 is 1.80 bits per heavy atom. The van der Waals surface area contributed by atoms with E-state index in [0.717, 1.165) is 11.3 Å². The molecule has 0 saturated carbocycles. The minimum atomic E-state index is 0.188. The summed E-state index contributed by atoms with van der Waals surface area (Å²) in [5, 5.41) is 3.29. The quantitative estimate of drug-likeness (QED) is 0.818. The minimum absolute atomic E-state index is 0.188. The van der Waals surface area contributed by atoms with Gasteiger partial charge in [0.2, 0.25) is 0 Å². The van der Waals surface area contributed by atoms with Gasteiger partial charge in [-0.25, -0.2) is 0 Å². The van der Waals surface area contributed by atoms with Crippen molar-refractivity contribution in [1.29, 1.82) is 0 Å². The number of hydrogen-bond donors (Lipinski definition) is 1. The molecular weight excluding hydrogens is 246 g/mol. The first-order valence-electron chi connectivity index (χ1n) is 6.97. The van der Waals surface area contributed by atoms with Crippen LogP contribution in [0.15, 0.2) is 42.5 Å². The molecule has 0 fully saturated rings. The first-order valence-corrected chi connectivity index (χ1v) is 6.97. The predicted molar refractivity (Wildman–Crippen MR) is 84.5 cm³/mol. The molecule has 0 heterocycles. The second-order valence-electron chi connectivity index (χ2n) is 5.27. The van der Waals surface area contributed by atoms with Crippen molar-refractivity contribution in [3.63, 3.8) is 0 Å². The number of benzene rings is 2. The Kier molecular flexibility index (Phi) is 4.57. The van der Waals surface area contributed by atoms with E-state index in [1.807, 2.05) is 37.3 Å². The molecule has 0 amide bonds. The third-order valence-electron chi connectivity index (χ3n) is 3.53. The number of rotatable bonds is 5. The molecule has 0 aromatic heterocycles. The van der Waals surface area contributed by atoms with E-state index in [-0.39, 0.29) is 5.78 Å². The number of carbonyl (C=O) groups is 1. The molecular formula is C18H21NO. The van der Waals surface area contributed by atoms with Crippen LogP contribution in [0.1, 0.15) is 33.5 Å². The van der Waals surface area contributed by atoms with Crippen molar-refractivity contribution in [2.45, 2.75) is 27.2 Å². The summed E-state index contributed by atoms with van der Waals surface area (Å²) in [7, 11) is 0. The van der Waals surface area contributed by atoms with Gasteiger partial charge in [-0.05, 0) is 55.7 Å². The molecule has 0 bridgehead atoms. The van der Waals surface area contributed by atoms with Gasteiger partial charge >= 0.3 is 0 Å². The van der Waals surface area contributed by atoms with Gasteiger partial charge in [0, 0.05) is 24.2 Å². The van der Waals surface area contributed by atoms with Gasteiger partial charge < -0.3 is 5.32 Å². The fraction of sp³-hybridized carbons (Fsp3) is 0.278. The summed E-state index contributed by atoms with van der Waals surface area (Å²) in [6.07, 6.45) is 0.510. The van der Waals surface area contributed by atoms with Crippen LogP contribution in [0.3, 0.4) is 0 Å². The molecule has 0 saturated heterocycles. The van der Waals surface area contributed by atoms with Crippen molar-refractivity contribution in [2.75, 3.05) is 11.9 Å². The number of ketones is 1. The van der Waals surface area contributed by atoms with Gasteiger partial charge in [0.05, 0.1) is 0 Å². The highest BCUT2D eigenvalue weighted by Gasteiger charge is 2.06. The van der Waals surface area contributed by atoms with Crippen molar-refractivity contribution in [3.05, 3.63) is 64.7 Å². The molecule has 2 aromatic rings. The maximum atomic E-state index is 12.1. The molecule has 0 radical (unpaired) electrons. The van der Waals surface area contributed by atoms with Crippen molar-refractivity contribution in [3.8, 4) is 0 Å². The fourth-order valence-electron chi connectivity index (χ4n) is 2.13. The van der Waals surface area contributed by atoms with E-state index >= 15 is 0 Å². The lowest BCUT2D eigenvalue weighted by Gasteiger charge is -2.08. The van der Waals surface area contributed by atoms with Gasteiger partial charge in [0.15, 0.2) is 5.78 Å². The zero-order valence-electron chi connectivity index (χ0n) is 12.4. The largest absolute Gasteiger partial charge is 0.385 e. The minimum Gasteiger partial charge on any atom is -0.385 e. The summed E-state index contributed by atoms with van der Waals surface area (Å²) in [5.41, 5.74) is 5.48. The fourth-order valence-corrected chi connectivity index (χ4v) is 2.13. The van der Waals surface area contributed by atoms with Crippen LogP contribution in [0, 0.1) is 20.8 Å². The summed E-state index contributed by atoms with van der Waals surface area (Å²) in [4.78, 5) is 12.1. The molecule has 0 aliphatic carbocycles. The van der Waals surface area contributed by atoms with E-state index in [1.165, 1.54) is 16.7 Å². The summed E-state index contributed by atoms with van der Waals surface area (Å²) in [5.74, 6) is 0.188. The maximum Gasteiger partial charge on any atom is 0.164 e. The highest BCUT2D eigenvalue weighted by atomic mass is 16.1. The molecule has 2 rings (SSSR count). The van der Waals surface area contributed by atoms with Crippen LogP contribution in [0.25, 0.3) is 0 Å². The van der Waals surface area contributed by atoms with Crippen molar-refractivity contribution >= 4 is 11.5 Å². The first kappa shape index (κ1) is 14.3. The third-order valence-corrected chi connectivity index (χ3v) is 3.53. The van der Waals surface area contributed by atoms with Crippen LogP contribution < -0.4 is 5.32 Å². The van der Waals surface area contributed by atoms with Gasteiger partial charge in [-0.15, -0.1) is 0 Å². The standard InChI is InChI=1S/C18H21NO/c1-13-5-4-6-17(11-13)19-10-9-18(20)16-8-7-14(2)15(3)12-16/h4-8,11-12,19H,9-10H2,1-3H3. The van der Waals surface area contributed by atoms with Crippen molar-refractivity contribution < 1.29 is 4.79 Å². The molecule has 0 atom stereocenters. The average Bonchev–Trinajstić information content (AvgIpc) is 2.42. The van der Waals surface area contributed by atoms with Crippen molar-refractivity contribution in [1.82, 2.24) is 0 Å². The molecule has 2 nitrogen and oxygen atoms in total. The lowest BCUT2D eigenvalue weighted by Crippen LogP contribution is -2.09. The second kappa shape index (κ2) is 6.38. The zero-order chi connectivity index (χ0) is 14.5. The zero-order valence-corrected chi connectivity index (χ0v) is 12.4. The van der Waals surface area contributed by atoms with Gasteiger partial charge in [-0.3, -0.25) is 4.79 Å². The van der Waals surface area contributed by atoms with Crippen LogP contribution in [0.2, 0.25) is 0 Å². The Hall–Kier alpha value is -2.09. The summed E-state index contributed by atoms with van der Waals surface area (Å²) >= 11 is 0. The van der Waals surface area contributed by atoms with E-state index in [9.17, 15) is 4.79 Å². The topological polar surface area (TPSA) is 29.1 Å². The van der Waals surface area contributed by atoms with Crippen LogP contribution >= 0.6 is 0 Å². The van der Waals surface area contributed by atoms with E-state index in [0.29, 0.717) is 13.0 Å². The summed E-state index contributed by atoms with van der Waals surface area (Å²) < 4.78 is 0. The van der Waals surface area contributed by atoms with E-state index < -0.39 is 0 Å². The summed E-state index contributed by atoms with van der Waals surface area (Å²) in [6.45, 7) is 6.82. The lowest BCUT2D eigenvalue weighted by atomic mass is 10.0. The molecule has 2 heteroatoms. The summed E-state index contributed by atoms with van der Waals surface area (Å²) in [6, 6.07) is 14.1. The normalized spacial score (nSPS) is 10.3. The predicted octanol–water partition coefficient (Wildman–Crippen LogP) is 4.30. The third kappa shape index (κ3) is 3.70. The van der Waals surface area contributed by atoms with Crippen LogP contribution in [-0.4, -0.2) is 12.3 Å². The average molecular weight is 267 g/mol. The van der Waals surface area contributed by atoms with Crippen LogP contribution in [0.5, 0.6) is 0 Å². The number of hydrogen-bond acceptors (Lipinski definition) is 2. The number of nitrogens with one attached hydrogen (secondary N) is 1. The highest BCUT2D eigenvalue weighted by Crippen LogP contribution is 2.13. The molecule has 20 heavy (non-hydrogen) atoms. The number of carbonyl (C=O) groups excluding carboxylic acids is 1. The Balaban J connectivity index is 1.90. The molecule has 1 N–H and O–H groups in total. The molecule has 0 aliphatic rings. The van der Waals surface area contributed by atoms with E-state index in [2.05, 4.69) is 31.3 Å². The molecule has 0 spiro atoms. The molecule has 0 unspecified atom stereocenters. The van der Waals surface area contributed by atoms with Crippen LogP contribution in [-0.2, 0) is 0 Å². The Labute approximate surface area is 120 Å². The highest BCUT2D eigenvalue weighted by molar-refractivity contribution is 5.96. The van der Waals surface area contributed by atoms with E-state index in [1.54, 1.807) is 0 Å². The Bertz CT molecular complexity index is 617. The smallest absolute Gasteiger partial charge is 0.164 e. The second-order valence-corrected chi connectivity index (χ2v) is 5.27. The lowest BCUT2D eigenvalue weighted by molar-refractivity contribution is 0.0986. The first-order chi connectivity index (χ1) is 9.56. The van der Waals surface area contributed by atoms with Crippen LogP contribution in [0.4, 0.5) is 5.69 Å². The van der Waals surface area contributed by atoms with Gasteiger partial charge in [0.1, 0.15) is 0 Å². The number of anilines is 1. The number of Topliss-reactive ketones (excluding diaryl/α,β-unsaturated/α-hetero) is 1. The Morgan fingerprint density at radius 1 is 1.00 bits per heavy atom. The molecule has 0 aliphatic heterocycles. The number of aryl methyl sites for hydroxylation is 3.